The molecule has 0 spiro atoms. The number of amidine groups is 1. The van der Waals surface area contributed by atoms with E-state index in [4.69, 9.17) is 19.9 Å². The summed E-state index contributed by atoms with van der Waals surface area (Å²) in [6, 6.07) is 4.55. The molecule has 4 heterocycles. The number of aryl methyl sites for hydroxylation is 1. The molecule has 2 aromatic rings. The third-order valence-electron chi connectivity index (χ3n) is 9.12. The number of thiazole rings is 1. The number of nitrogens with two attached hydrogens (primary N) is 1. The number of nitrogens with one attached hydrogen (secondary N) is 3. The number of β-lactam (4-membered cyclic amide) rings is 1. The predicted molar refractivity (Wildman–Crippen MR) is 186 cm³/mol. The van der Waals surface area contributed by atoms with Gasteiger partial charge in [0.05, 0.1) is 5.54 Å². The van der Waals surface area contributed by atoms with Gasteiger partial charge in [-0.1, -0.05) is 5.16 Å². The molecule has 4 atom stereocenters. The first-order valence-electron chi connectivity index (χ1n) is 16.3. The molecule has 2 saturated heterocycles. The Morgan fingerprint density at radius 3 is 2.71 bits per heavy atom. The van der Waals surface area contributed by atoms with Gasteiger partial charge in [-0.25, -0.2) is 9.78 Å². The van der Waals surface area contributed by atoms with Crippen LogP contribution in [0.5, 0.6) is 5.75 Å². The first-order valence-corrected chi connectivity index (χ1v) is 18.6. The minimum Gasteiger partial charge on any atom is -0.485 e. The Hall–Kier alpha value is -4.37. The number of carboxylic acid groups (broad SMARTS) is 1. The first-order chi connectivity index (χ1) is 24.0. The second-order valence-corrected chi connectivity index (χ2v) is 15.0. The number of nitrogens with zero attached hydrogens (tertiary/aromatic N) is 4. The van der Waals surface area contributed by atoms with Crippen molar-refractivity contribution in [2.45, 2.75) is 88.6 Å². The van der Waals surface area contributed by atoms with Gasteiger partial charge in [-0.05, 0) is 89.6 Å². The van der Waals surface area contributed by atoms with Crippen LogP contribution in [0.3, 0.4) is 0 Å². The quantitative estimate of drug-likeness (QED) is 0.0374. The van der Waals surface area contributed by atoms with E-state index in [1.54, 1.807) is 19.2 Å². The number of benzene rings is 1. The Morgan fingerprint density at radius 2 is 2.08 bits per heavy atom. The number of hydrogen-bond donors (Lipinski definition) is 6. The number of hydrogen-bond acceptors (Lipinski definition) is 14. The lowest BCUT2D eigenvalue weighted by atomic mass is 9.84. The summed E-state index contributed by atoms with van der Waals surface area (Å²) in [6.45, 7) is 5.72. The normalized spacial score (nSPS) is 23.0. The van der Waals surface area contributed by atoms with Gasteiger partial charge >= 0.3 is 16.4 Å². The van der Waals surface area contributed by atoms with Crippen LogP contribution in [-0.2, 0) is 40.3 Å². The molecule has 4 unspecified atom stereocenters. The largest absolute Gasteiger partial charge is 0.485 e. The highest BCUT2D eigenvalue weighted by atomic mass is 32.3. The van der Waals surface area contributed by atoms with Crippen LogP contribution in [0.25, 0.3) is 0 Å². The zero-order chi connectivity index (χ0) is 37.1. The van der Waals surface area contributed by atoms with Gasteiger partial charge in [0.15, 0.2) is 16.9 Å². The van der Waals surface area contributed by atoms with E-state index in [1.807, 2.05) is 6.07 Å². The average molecular weight is 751 g/mol. The molecular formula is C31H42N8O10S2. The number of anilines is 1. The van der Waals surface area contributed by atoms with Crippen molar-refractivity contribution in [1.82, 2.24) is 20.7 Å². The van der Waals surface area contributed by atoms with Crippen LogP contribution in [0.15, 0.2) is 33.7 Å². The summed E-state index contributed by atoms with van der Waals surface area (Å²) in [5, 5.41) is 25.3. The molecule has 0 bridgehead atoms. The first kappa shape index (κ1) is 37.9. The molecule has 2 amide bonds. The van der Waals surface area contributed by atoms with Crippen LogP contribution in [0, 0.1) is 0 Å². The number of rotatable bonds is 15. The predicted octanol–water partition coefficient (Wildman–Crippen LogP) is 1.22. The van der Waals surface area contributed by atoms with E-state index >= 15 is 0 Å². The second kappa shape index (κ2) is 15.1. The van der Waals surface area contributed by atoms with Gasteiger partial charge in [-0.3, -0.25) is 19.1 Å². The maximum Gasteiger partial charge on any atom is 0.418 e. The Labute approximate surface area is 298 Å². The molecule has 5 rings (SSSR count). The molecule has 0 aliphatic carbocycles. The van der Waals surface area contributed by atoms with Gasteiger partial charge in [0, 0.05) is 30.6 Å². The number of amides is 2. The summed E-state index contributed by atoms with van der Waals surface area (Å²) in [4.78, 5) is 53.4. The van der Waals surface area contributed by atoms with Crippen molar-refractivity contribution in [3.8, 4) is 5.75 Å². The summed E-state index contributed by atoms with van der Waals surface area (Å²) in [7, 11) is -3.42. The zero-order valence-corrected chi connectivity index (χ0v) is 30.2. The number of carbonyl (C=O) groups excluding carboxylic acids is 2. The number of hydroxylamine groups is 2. The van der Waals surface area contributed by atoms with Crippen LogP contribution in [0.4, 0.5) is 5.13 Å². The molecule has 20 heteroatoms. The van der Waals surface area contributed by atoms with Gasteiger partial charge in [0.1, 0.15) is 23.3 Å². The van der Waals surface area contributed by atoms with E-state index in [1.165, 1.54) is 39.0 Å². The average Bonchev–Trinajstić information content (AvgIpc) is 3.79. The Morgan fingerprint density at radius 1 is 1.31 bits per heavy atom. The Kier molecular flexibility index (Phi) is 11.2. The fourth-order valence-electron chi connectivity index (χ4n) is 6.06. The number of ether oxygens (including phenoxy) is 1. The van der Waals surface area contributed by atoms with Crippen molar-refractivity contribution in [2.75, 3.05) is 25.5 Å². The number of fused-ring (bicyclic) bond motifs is 1. The summed E-state index contributed by atoms with van der Waals surface area (Å²) in [6.07, 6.45) is 3.96. The highest BCUT2D eigenvalue weighted by Gasteiger charge is 2.58. The number of aliphatic imine (C=N–C) groups is 1. The molecule has 51 heavy (non-hydrogen) atoms. The van der Waals surface area contributed by atoms with E-state index in [2.05, 4.69) is 35.4 Å². The van der Waals surface area contributed by atoms with Crippen LogP contribution < -0.4 is 26.4 Å². The lowest BCUT2D eigenvalue weighted by Gasteiger charge is -2.50. The molecule has 18 nitrogen and oxygen atoms in total. The van der Waals surface area contributed by atoms with Gasteiger partial charge in [0.2, 0.25) is 0 Å². The van der Waals surface area contributed by atoms with E-state index in [0.29, 0.717) is 40.8 Å². The van der Waals surface area contributed by atoms with Crippen molar-refractivity contribution < 1.29 is 46.3 Å². The second-order valence-electron chi connectivity index (χ2n) is 13.1. The van der Waals surface area contributed by atoms with E-state index in [9.17, 15) is 27.9 Å². The van der Waals surface area contributed by atoms with E-state index in [-0.39, 0.29) is 12.1 Å². The third kappa shape index (κ3) is 8.41. The Balaban J connectivity index is 1.31. The highest BCUT2D eigenvalue weighted by molar-refractivity contribution is 7.80. The van der Waals surface area contributed by atoms with Crippen molar-refractivity contribution in [2.24, 2.45) is 15.9 Å². The molecule has 7 N–H and O–H groups in total. The highest BCUT2D eigenvalue weighted by Crippen LogP contribution is 2.35. The van der Waals surface area contributed by atoms with Crippen LogP contribution in [0.1, 0.15) is 69.7 Å². The fraction of sp³-hybridized carbons (Fsp3) is 0.548. The maximum atomic E-state index is 13.6. The van der Waals surface area contributed by atoms with Gasteiger partial charge < -0.3 is 36.4 Å². The Bertz CT molecular complexity index is 1830. The SMILES string of the molecule is CNc1nc(/C(=N/OC(C)(C(=O)O)C2CCc3cc(C(N)=NCCCC4CCCN4)ccc3O2)C(=O)NC2C(=O)N(OS(=O)(=O)O)C2(C)C)cs1. The van der Waals surface area contributed by atoms with Crippen molar-refractivity contribution >= 4 is 56.2 Å². The van der Waals surface area contributed by atoms with Crippen LogP contribution in [-0.4, -0.2) is 107 Å². The minimum atomic E-state index is -5.02. The molecule has 1 aromatic heterocycles. The summed E-state index contributed by atoms with van der Waals surface area (Å²) >= 11 is 1.13. The topological polar surface area (TPSA) is 256 Å². The molecule has 278 valence electrons. The van der Waals surface area contributed by atoms with Crippen molar-refractivity contribution in [3.05, 3.63) is 40.4 Å². The van der Waals surface area contributed by atoms with Gasteiger partial charge in [-0.15, -0.1) is 15.6 Å². The molecule has 0 saturated carbocycles. The van der Waals surface area contributed by atoms with Gasteiger partial charge in [-0.2, -0.15) is 13.5 Å². The molecular weight excluding hydrogens is 709 g/mol. The number of carboxylic acids is 1. The van der Waals surface area contributed by atoms with Gasteiger partial charge in [0.25, 0.3) is 17.4 Å². The van der Waals surface area contributed by atoms with Crippen molar-refractivity contribution in [3.63, 3.8) is 0 Å². The molecule has 3 aliphatic rings. The van der Waals surface area contributed by atoms with E-state index < -0.39 is 57.2 Å². The number of carbonyl (C=O) groups is 3. The van der Waals surface area contributed by atoms with Crippen LogP contribution in [0.2, 0.25) is 0 Å². The summed E-state index contributed by atoms with van der Waals surface area (Å²) in [5.74, 6) is -2.52. The number of aromatic nitrogens is 1. The molecule has 2 fully saturated rings. The molecule has 0 radical (unpaired) electrons. The van der Waals surface area contributed by atoms with E-state index in [0.717, 1.165) is 41.9 Å². The lowest BCUT2D eigenvalue weighted by molar-refractivity contribution is -0.218. The maximum absolute atomic E-state index is 13.6. The standard InChI is InChI=1S/C31H42N8O10S2/c1-30(2)24(27(41)39(30)49-51(44,45)46)37-26(40)23(20-16-50-29(33-4)36-20)38-48-31(3,28(42)43)22-12-10-17-15-18(9-11-21(17)47-22)25(32)35-14-6-8-19-7-5-13-34-19/h9,11,15-16,19,22,24,34H,5-8,10,12-14H2,1-4H3,(H2,32,35)(H,33,36)(H,37,40)(H,42,43)(H,44,45,46)/b38-23-. The summed E-state index contributed by atoms with van der Waals surface area (Å²) < 4.78 is 41.9. The minimum absolute atomic E-state index is 0.00195. The monoisotopic (exact) mass is 750 g/mol. The number of aliphatic carboxylic acids is 1. The van der Waals surface area contributed by atoms with Crippen LogP contribution >= 0.6 is 11.3 Å². The number of oxime groups is 1. The molecule has 3 aliphatic heterocycles. The lowest BCUT2D eigenvalue weighted by Crippen LogP contribution is -2.76. The fourth-order valence-corrected chi connectivity index (χ4v) is 7.18. The molecule has 1 aromatic carbocycles. The smallest absolute Gasteiger partial charge is 0.418 e. The zero-order valence-electron chi connectivity index (χ0n) is 28.5. The third-order valence-corrected chi connectivity index (χ3v) is 10.3. The summed E-state index contributed by atoms with van der Waals surface area (Å²) in [5.41, 5.74) is 3.85. The van der Waals surface area contributed by atoms with Crippen molar-refractivity contribution in [1.29, 1.82) is 0 Å².